The van der Waals surface area contributed by atoms with Gasteiger partial charge in [0.25, 0.3) is 0 Å². The lowest BCUT2D eigenvalue weighted by atomic mass is 10.1. The summed E-state index contributed by atoms with van der Waals surface area (Å²) in [4.78, 5) is 10.3. The molecule has 0 aromatic carbocycles. The maximum atomic E-state index is 10.3. The van der Waals surface area contributed by atoms with Crippen molar-refractivity contribution in [3.05, 3.63) is 0 Å². The molecule has 4 heteroatoms. The fourth-order valence-corrected chi connectivity index (χ4v) is 1.37. The normalized spacial score (nSPS) is 26.8. The van der Waals surface area contributed by atoms with Crippen LogP contribution in [0.4, 0.5) is 0 Å². The standard InChI is InChI=1S/C7H14N2O2/c8-6(7(10)11)4-5-2-1-3-9-5/h5-6,9H,1-4,8H2,(H,10,11)/t5-,6?/m0/s1. The highest BCUT2D eigenvalue weighted by molar-refractivity contribution is 5.73. The Morgan fingerprint density at radius 3 is 3.00 bits per heavy atom. The minimum absolute atomic E-state index is 0.320. The van der Waals surface area contributed by atoms with Gasteiger partial charge in [-0.25, -0.2) is 0 Å². The molecule has 0 aliphatic carbocycles. The first-order valence-electron chi connectivity index (χ1n) is 3.92. The first-order valence-corrected chi connectivity index (χ1v) is 3.92. The first-order chi connectivity index (χ1) is 5.20. The number of rotatable bonds is 3. The van der Waals surface area contributed by atoms with Crippen molar-refractivity contribution in [1.29, 1.82) is 0 Å². The van der Waals surface area contributed by atoms with Crippen LogP contribution in [0.25, 0.3) is 0 Å². The zero-order chi connectivity index (χ0) is 8.27. The van der Waals surface area contributed by atoms with Gasteiger partial charge in [0.05, 0.1) is 0 Å². The Hall–Kier alpha value is -0.610. The third-order valence-electron chi connectivity index (χ3n) is 2.02. The van der Waals surface area contributed by atoms with Crippen LogP contribution < -0.4 is 11.1 Å². The summed E-state index contributed by atoms with van der Waals surface area (Å²) >= 11 is 0. The number of aliphatic carboxylic acids is 1. The van der Waals surface area contributed by atoms with Gasteiger partial charge in [-0.1, -0.05) is 0 Å². The predicted octanol–water partition coefficient (Wildman–Crippen LogP) is -0.460. The molecule has 1 fully saturated rings. The molecule has 1 aliphatic rings. The molecule has 0 radical (unpaired) electrons. The van der Waals surface area contributed by atoms with Crippen molar-refractivity contribution in [1.82, 2.24) is 5.32 Å². The second-order valence-corrected chi connectivity index (χ2v) is 2.97. The van der Waals surface area contributed by atoms with Crippen LogP contribution in [0.15, 0.2) is 0 Å². The third-order valence-corrected chi connectivity index (χ3v) is 2.02. The molecule has 64 valence electrons. The van der Waals surface area contributed by atoms with E-state index in [0.717, 1.165) is 19.4 Å². The van der Waals surface area contributed by atoms with Gasteiger partial charge >= 0.3 is 5.97 Å². The summed E-state index contributed by atoms with van der Waals surface area (Å²) in [5, 5.41) is 11.7. The van der Waals surface area contributed by atoms with Gasteiger partial charge in [-0.2, -0.15) is 0 Å². The number of hydrogen-bond acceptors (Lipinski definition) is 3. The van der Waals surface area contributed by atoms with E-state index in [-0.39, 0.29) is 0 Å². The van der Waals surface area contributed by atoms with E-state index in [4.69, 9.17) is 10.8 Å². The van der Waals surface area contributed by atoms with E-state index in [1.54, 1.807) is 0 Å². The average molecular weight is 158 g/mol. The number of nitrogens with one attached hydrogen (secondary N) is 1. The van der Waals surface area contributed by atoms with Gasteiger partial charge in [0, 0.05) is 6.04 Å². The van der Waals surface area contributed by atoms with E-state index in [1.165, 1.54) is 0 Å². The van der Waals surface area contributed by atoms with E-state index in [0.29, 0.717) is 12.5 Å². The molecular weight excluding hydrogens is 144 g/mol. The Morgan fingerprint density at radius 2 is 2.55 bits per heavy atom. The Kier molecular flexibility index (Phi) is 2.84. The fraction of sp³-hybridized carbons (Fsp3) is 0.857. The topological polar surface area (TPSA) is 75.3 Å². The van der Waals surface area contributed by atoms with Gasteiger partial charge in [0.15, 0.2) is 0 Å². The molecule has 1 aliphatic heterocycles. The van der Waals surface area contributed by atoms with Crippen molar-refractivity contribution >= 4 is 5.97 Å². The molecule has 1 unspecified atom stereocenters. The van der Waals surface area contributed by atoms with Gasteiger partial charge in [-0.3, -0.25) is 4.79 Å². The highest BCUT2D eigenvalue weighted by Gasteiger charge is 2.20. The Bertz CT molecular complexity index is 143. The highest BCUT2D eigenvalue weighted by Crippen LogP contribution is 2.09. The van der Waals surface area contributed by atoms with Crippen LogP contribution in [0, 0.1) is 0 Å². The van der Waals surface area contributed by atoms with Crippen molar-refractivity contribution in [2.45, 2.75) is 31.3 Å². The predicted molar refractivity (Wildman–Crippen MR) is 41.3 cm³/mol. The number of carbonyl (C=O) groups is 1. The maximum absolute atomic E-state index is 10.3. The molecule has 4 nitrogen and oxygen atoms in total. The molecule has 2 atom stereocenters. The molecule has 0 amide bonds. The third kappa shape index (κ3) is 2.48. The lowest BCUT2D eigenvalue weighted by Gasteiger charge is -2.12. The van der Waals surface area contributed by atoms with E-state index in [9.17, 15) is 4.79 Å². The molecular formula is C7H14N2O2. The second kappa shape index (κ2) is 3.69. The Labute approximate surface area is 65.8 Å². The van der Waals surface area contributed by atoms with Crippen LogP contribution in [0.3, 0.4) is 0 Å². The van der Waals surface area contributed by atoms with Crippen LogP contribution in [0.5, 0.6) is 0 Å². The quantitative estimate of drug-likeness (QED) is 0.519. The van der Waals surface area contributed by atoms with Crippen molar-refractivity contribution in [2.75, 3.05) is 6.54 Å². The van der Waals surface area contributed by atoms with Crippen LogP contribution in [-0.4, -0.2) is 29.7 Å². The highest BCUT2D eigenvalue weighted by atomic mass is 16.4. The molecule has 0 spiro atoms. The summed E-state index contributed by atoms with van der Waals surface area (Å²) in [6, 6.07) is -0.383. The van der Waals surface area contributed by atoms with E-state index < -0.39 is 12.0 Å². The summed E-state index contributed by atoms with van der Waals surface area (Å²) in [6.07, 6.45) is 2.74. The molecule has 4 N–H and O–H groups in total. The van der Waals surface area contributed by atoms with Crippen molar-refractivity contribution in [3.63, 3.8) is 0 Å². The second-order valence-electron chi connectivity index (χ2n) is 2.97. The Morgan fingerprint density at radius 1 is 1.82 bits per heavy atom. The molecule has 0 bridgehead atoms. The molecule has 1 heterocycles. The monoisotopic (exact) mass is 158 g/mol. The molecule has 1 saturated heterocycles. The molecule has 0 aromatic heterocycles. The molecule has 0 aromatic rings. The summed E-state index contributed by atoms with van der Waals surface area (Å²) < 4.78 is 0. The average Bonchev–Trinajstić information content (AvgIpc) is 2.39. The van der Waals surface area contributed by atoms with Crippen molar-refractivity contribution in [3.8, 4) is 0 Å². The van der Waals surface area contributed by atoms with E-state index >= 15 is 0 Å². The van der Waals surface area contributed by atoms with Crippen molar-refractivity contribution < 1.29 is 9.90 Å². The largest absolute Gasteiger partial charge is 0.480 e. The maximum Gasteiger partial charge on any atom is 0.320 e. The van der Waals surface area contributed by atoms with Gasteiger partial charge in [-0.05, 0) is 25.8 Å². The number of carboxylic acids is 1. The van der Waals surface area contributed by atoms with Crippen molar-refractivity contribution in [2.24, 2.45) is 5.73 Å². The SMILES string of the molecule is NC(C[C@@H]1CCCN1)C(=O)O. The minimum atomic E-state index is -0.904. The smallest absolute Gasteiger partial charge is 0.320 e. The fourth-order valence-electron chi connectivity index (χ4n) is 1.37. The number of hydrogen-bond donors (Lipinski definition) is 3. The van der Waals surface area contributed by atoms with Gasteiger partial charge in [0.2, 0.25) is 0 Å². The first kappa shape index (κ1) is 8.49. The summed E-state index contributed by atoms with van der Waals surface area (Å²) in [7, 11) is 0. The Balaban J connectivity index is 2.23. The molecule has 11 heavy (non-hydrogen) atoms. The van der Waals surface area contributed by atoms with Crippen LogP contribution >= 0.6 is 0 Å². The zero-order valence-electron chi connectivity index (χ0n) is 6.42. The van der Waals surface area contributed by atoms with Crippen LogP contribution in [0.2, 0.25) is 0 Å². The summed E-state index contributed by atoms with van der Waals surface area (Å²) in [5.41, 5.74) is 5.36. The zero-order valence-corrected chi connectivity index (χ0v) is 6.42. The molecule has 0 saturated carbocycles. The van der Waals surface area contributed by atoms with E-state index in [2.05, 4.69) is 5.32 Å². The summed E-state index contributed by atoms with van der Waals surface area (Å²) in [5.74, 6) is -0.904. The number of nitrogens with two attached hydrogens (primary N) is 1. The van der Waals surface area contributed by atoms with Gasteiger partial charge < -0.3 is 16.2 Å². The van der Waals surface area contributed by atoms with E-state index in [1.807, 2.05) is 0 Å². The lowest BCUT2D eigenvalue weighted by Crippen LogP contribution is -2.37. The number of carboxylic acid groups (broad SMARTS) is 1. The summed E-state index contributed by atoms with van der Waals surface area (Å²) in [6.45, 7) is 0.997. The minimum Gasteiger partial charge on any atom is -0.480 e. The lowest BCUT2D eigenvalue weighted by molar-refractivity contribution is -0.138. The van der Waals surface area contributed by atoms with Gasteiger partial charge in [0.1, 0.15) is 6.04 Å². The van der Waals surface area contributed by atoms with Gasteiger partial charge in [-0.15, -0.1) is 0 Å². The molecule has 1 rings (SSSR count). The van der Waals surface area contributed by atoms with Crippen LogP contribution in [-0.2, 0) is 4.79 Å². The van der Waals surface area contributed by atoms with Crippen LogP contribution in [0.1, 0.15) is 19.3 Å².